The highest BCUT2D eigenvalue weighted by Gasteiger charge is 2.06. The van der Waals surface area contributed by atoms with E-state index in [1.807, 2.05) is 30.3 Å². The monoisotopic (exact) mass is 249 g/mol. The molecule has 0 unspecified atom stereocenters. The Labute approximate surface area is 108 Å². The van der Waals surface area contributed by atoms with E-state index in [0.717, 1.165) is 5.56 Å². The molecule has 18 heavy (non-hydrogen) atoms. The minimum absolute atomic E-state index is 0.0655. The van der Waals surface area contributed by atoms with E-state index >= 15 is 0 Å². The Bertz CT molecular complexity index is 351. The van der Waals surface area contributed by atoms with E-state index in [-0.39, 0.29) is 12.7 Å². The summed E-state index contributed by atoms with van der Waals surface area (Å²) in [6.45, 7) is 4.99. The minimum Gasteiger partial charge on any atom is -0.411 e. The van der Waals surface area contributed by atoms with Crippen molar-refractivity contribution in [3.8, 4) is 0 Å². The van der Waals surface area contributed by atoms with Crippen LogP contribution in [-0.4, -0.2) is 30.7 Å². The molecule has 1 atom stereocenters. The van der Waals surface area contributed by atoms with Crippen molar-refractivity contribution in [1.82, 2.24) is 0 Å². The summed E-state index contributed by atoms with van der Waals surface area (Å²) in [4.78, 5) is 0. The van der Waals surface area contributed by atoms with Gasteiger partial charge in [0.2, 0.25) is 0 Å². The van der Waals surface area contributed by atoms with Gasteiger partial charge in [-0.1, -0.05) is 41.6 Å². The smallest absolute Gasteiger partial charge is 0.0857 e. The van der Waals surface area contributed by atoms with Crippen LogP contribution >= 0.6 is 0 Å². The average Bonchev–Trinajstić information content (AvgIpc) is 2.40. The lowest BCUT2D eigenvalue weighted by Crippen LogP contribution is -2.20. The second kappa shape index (κ2) is 9.39. The van der Waals surface area contributed by atoms with Crippen LogP contribution in [0, 0.1) is 0 Å². The van der Waals surface area contributed by atoms with Crippen LogP contribution in [0.4, 0.5) is 0 Å². The van der Waals surface area contributed by atoms with Crippen molar-refractivity contribution in [2.24, 2.45) is 5.16 Å². The lowest BCUT2D eigenvalue weighted by molar-refractivity contribution is -0.00543. The predicted octanol–water partition coefficient (Wildman–Crippen LogP) is 2.62. The Hall–Kier alpha value is -1.65. The number of hydrogen-bond acceptors (Lipinski definition) is 4. The van der Waals surface area contributed by atoms with Crippen LogP contribution in [-0.2, 0) is 16.1 Å². The molecule has 0 radical (unpaired) electrons. The van der Waals surface area contributed by atoms with E-state index < -0.39 is 0 Å². The van der Waals surface area contributed by atoms with Crippen molar-refractivity contribution in [3.05, 3.63) is 48.6 Å². The first-order chi connectivity index (χ1) is 8.86. The number of benzene rings is 1. The van der Waals surface area contributed by atoms with Gasteiger partial charge in [-0.05, 0) is 12.0 Å². The second-order valence-corrected chi connectivity index (χ2v) is 3.78. The molecule has 0 aliphatic carbocycles. The third-order valence-electron chi connectivity index (χ3n) is 2.33. The van der Waals surface area contributed by atoms with Gasteiger partial charge >= 0.3 is 0 Å². The molecule has 0 heterocycles. The maximum atomic E-state index is 8.27. The van der Waals surface area contributed by atoms with Gasteiger partial charge in [0, 0.05) is 0 Å². The molecule has 1 aromatic rings. The molecule has 1 rings (SSSR count). The van der Waals surface area contributed by atoms with Gasteiger partial charge in [0.05, 0.1) is 32.1 Å². The fraction of sp³-hybridized carbons (Fsp3) is 0.357. The third-order valence-corrected chi connectivity index (χ3v) is 2.33. The van der Waals surface area contributed by atoms with Crippen molar-refractivity contribution in [1.29, 1.82) is 0 Å². The fourth-order valence-corrected chi connectivity index (χ4v) is 1.46. The van der Waals surface area contributed by atoms with Gasteiger partial charge in [-0.2, -0.15) is 0 Å². The summed E-state index contributed by atoms with van der Waals surface area (Å²) in [6.07, 6.45) is 3.72. The maximum absolute atomic E-state index is 8.27. The Kier molecular flexibility index (Phi) is 7.52. The summed E-state index contributed by atoms with van der Waals surface area (Å²) >= 11 is 0. The molecule has 0 spiro atoms. The zero-order chi connectivity index (χ0) is 13.1. The van der Waals surface area contributed by atoms with Crippen LogP contribution in [0.1, 0.15) is 12.0 Å². The first-order valence-corrected chi connectivity index (χ1v) is 5.87. The standard InChI is InChI=1S/C14H19NO3/c1-2-6-14(18-10-9-15-16)12-17-11-13-7-4-3-5-8-13/h2-5,7-9,14,16H,1,6,10-12H2/b15-9+/t14-/m1/s1. The molecule has 4 heteroatoms. The van der Waals surface area contributed by atoms with Crippen LogP contribution in [0.25, 0.3) is 0 Å². The SMILES string of the molecule is C=CC[C@H](COCc1ccccc1)OC/C=N/O. The zero-order valence-corrected chi connectivity index (χ0v) is 10.4. The first-order valence-electron chi connectivity index (χ1n) is 5.87. The second-order valence-electron chi connectivity index (χ2n) is 3.78. The van der Waals surface area contributed by atoms with Gasteiger partial charge in [-0.3, -0.25) is 0 Å². The summed E-state index contributed by atoms with van der Waals surface area (Å²) in [5.74, 6) is 0. The van der Waals surface area contributed by atoms with E-state index in [1.54, 1.807) is 6.08 Å². The Morgan fingerprint density at radius 3 is 2.78 bits per heavy atom. The van der Waals surface area contributed by atoms with Crippen LogP contribution in [0.15, 0.2) is 48.1 Å². The quantitative estimate of drug-likeness (QED) is 0.317. The number of hydrogen-bond donors (Lipinski definition) is 1. The van der Waals surface area contributed by atoms with E-state index in [0.29, 0.717) is 19.6 Å². The van der Waals surface area contributed by atoms with Gasteiger partial charge in [0.15, 0.2) is 0 Å². The topological polar surface area (TPSA) is 51.0 Å². The number of ether oxygens (including phenoxy) is 2. The van der Waals surface area contributed by atoms with Gasteiger partial charge in [0.25, 0.3) is 0 Å². The molecule has 0 amide bonds. The van der Waals surface area contributed by atoms with Crippen LogP contribution < -0.4 is 0 Å². The molecule has 0 saturated heterocycles. The van der Waals surface area contributed by atoms with Crippen molar-refractivity contribution >= 4 is 6.21 Å². The molecule has 0 saturated carbocycles. The molecular formula is C14H19NO3. The van der Waals surface area contributed by atoms with Crippen molar-refractivity contribution < 1.29 is 14.7 Å². The summed E-state index contributed by atoms with van der Waals surface area (Å²) in [5.41, 5.74) is 1.13. The first kappa shape index (κ1) is 14.4. The van der Waals surface area contributed by atoms with Crippen molar-refractivity contribution in [3.63, 3.8) is 0 Å². The molecule has 98 valence electrons. The molecule has 1 aromatic carbocycles. The van der Waals surface area contributed by atoms with E-state index in [9.17, 15) is 0 Å². The van der Waals surface area contributed by atoms with Gasteiger partial charge in [-0.25, -0.2) is 0 Å². The zero-order valence-electron chi connectivity index (χ0n) is 10.4. The highest BCUT2D eigenvalue weighted by molar-refractivity contribution is 5.57. The van der Waals surface area contributed by atoms with Gasteiger partial charge in [-0.15, -0.1) is 6.58 Å². The molecule has 1 N–H and O–H groups in total. The molecule has 0 fully saturated rings. The lowest BCUT2D eigenvalue weighted by atomic mass is 10.2. The molecule has 0 aromatic heterocycles. The van der Waals surface area contributed by atoms with Crippen LogP contribution in [0.3, 0.4) is 0 Å². The summed E-state index contributed by atoms with van der Waals surface area (Å²) in [6, 6.07) is 9.97. The van der Waals surface area contributed by atoms with Crippen molar-refractivity contribution in [2.45, 2.75) is 19.1 Å². The fourth-order valence-electron chi connectivity index (χ4n) is 1.46. The molecule has 0 aliphatic heterocycles. The van der Waals surface area contributed by atoms with Crippen LogP contribution in [0.2, 0.25) is 0 Å². The number of oxime groups is 1. The highest BCUT2D eigenvalue weighted by atomic mass is 16.5. The molecule has 0 aliphatic rings. The number of nitrogens with zero attached hydrogens (tertiary/aromatic N) is 1. The van der Waals surface area contributed by atoms with Gasteiger partial charge < -0.3 is 14.7 Å². The normalized spacial score (nSPS) is 12.7. The van der Waals surface area contributed by atoms with Crippen molar-refractivity contribution in [2.75, 3.05) is 13.2 Å². The number of rotatable bonds is 9. The van der Waals surface area contributed by atoms with E-state index in [2.05, 4.69) is 11.7 Å². The summed E-state index contributed by atoms with van der Waals surface area (Å²) in [5, 5.41) is 11.2. The van der Waals surface area contributed by atoms with E-state index in [1.165, 1.54) is 6.21 Å². The van der Waals surface area contributed by atoms with Gasteiger partial charge in [0.1, 0.15) is 0 Å². The molecule has 0 bridgehead atoms. The molecule has 4 nitrogen and oxygen atoms in total. The Morgan fingerprint density at radius 2 is 2.11 bits per heavy atom. The summed E-state index contributed by atoms with van der Waals surface area (Å²) in [7, 11) is 0. The minimum atomic E-state index is -0.0655. The maximum Gasteiger partial charge on any atom is 0.0857 e. The van der Waals surface area contributed by atoms with Crippen LogP contribution in [0.5, 0.6) is 0 Å². The highest BCUT2D eigenvalue weighted by Crippen LogP contribution is 2.04. The lowest BCUT2D eigenvalue weighted by Gasteiger charge is -2.15. The van der Waals surface area contributed by atoms with E-state index in [4.69, 9.17) is 14.7 Å². The third kappa shape index (κ3) is 6.18. The Balaban J connectivity index is 2.26. The molecular weight excluding hydrogens is 230 g/mol. The average molecular weight is 249 g/mol. The predicted molar refractivity (Wildman–Crippen MR) is 70.9 cm³/mol. The summed E-state index contributed by atoms with van der Waals surface area (Å²) < 4.78 is 11.0. The Morgan fingerprint density at radius 1 is 1.33 bits per heavy atom. The largest absolute Gasteiger partial charge is 0.411 e.